The van der Waals surface area contributed by atoms with E-state index < -0.39 is 5.60 Å². The number of alkyl carbamates (subject to hydrolysis) is 1. The molecule has 0 heterocycles. The van der Waals surface area contributed by atoms with Crippen LogP contribution in [0.1, 0.15) is 40.5 Å². The van der Waals surface area contributed by atoms with E-state index in [0.29, 0.717) is 11.8 Å². The van der Waals surface area contributed by atoms with Gasteiger partial charge >= 0.3 is 6.09 Å². The fourth-order valence-corrected chi connectivity index (χ4v) is 1.08. The van der Waals surface area contributed by atoms with Gasteiger partial charge in [0.1, 0.15) is 5.60 Å². The van der Waals surface area contributed by atoms with Gasteiger partial charge in [0, 0.05) is 6.54 Å². The number of rotatable bonds is 4. The van der Waals surface area contributed by atoms with Gasteiger partial charge in [-0.2, -0.15) is 12.6 Å². The molecule has 0 rings (SSSR count). The van der Waals surface area contributed by atoms with Crippen molar-refractivity contribution in [1.82, 2.24) is 5.32 Å². The van der Waals surface area contributed by atoms with Gasteiger partial charge in [0.25, 0.3) is 0 Å². The Bertz CT molecular complexity index is 175. The van der Waals surface area contributed by atoms with E-state index in [1.54, 1.807) is 0 Å². The Kier molecular flexibility index (Phi) is 6.00. The zero-order chi connectivity index (χ0) is 11.2. The van der Waals surface area contributed by atoms with Crippen LogP contribution in [-0.2, 0) is 4.74 Å². The first kappa shape index (κ1) is 13.6. The van der Waals surface area contributed by atoms with Gasteiger partial charge in [-0.15, -0.1) is 0 Å². The highest BCUT2D eigenvalue weighted by atomic mass is 32.1. The van der Waals surface area contributed by atoms with Gasteiger partial charge in [0.15, 0.2) is 0 Å². The highest BCUT2D eigenvalue weighted by Crippen LogP contribution is 2.06. The summed E-state index contributed by atoms with van der Waals surface area (Å²) in [5, 5.41) is 3.08. The van der Waals surface area contributed by atoms with Gasteiger partial charge in [0.2, 0.25) is 0 Å². The van der Waals surface area contributed by atoms with E-state index in [1.807, 2.05) is 27.7 Å². The van der Waals surface area contributed by atoms with Crippen molar-refractivity contribution in [3.8, 4) is 0 Å². The summed E-state index contributed by atoms with van der Waals surface area (Å²) >= 11 is 4.25. The zero-order valence-corrected chi connectivity index (χ0v) is 10.4. The van der Waals surface area contributed by atoms with Gasteiger partial charge in [-0.3, -0.25) is 0 Å². The van der Waals surface area contributed by atoms with Crippen LogP contribution in [0.5, 0.6) is 0 Å². The molecule has 0 saturated carbocycles. The second kappa shape index (κ2) is 6.17. The number of hydrogen-bond donors (Lipinski definition) is 2. The summed E-state index contributed by atoms with van der Waals surface area (Å²) in [6.07, 6.45) is 1.59. The average molecular weight is 219 g/mol. The van der Waals surface area contributed by atoms with Crippen molar-refractivity contribution in [1.29, 1.82) is 0 Å². The minimum atomic E-state index is -0.416. The molecule has 0 aromatic rings. The standard InChI is InChI=1S/C10H21NO2S/c1-8(14)6-5-7-11-9(12)13-10(2,3)4/h8,14H,5-7H2,1-4H3,(H,11,12). The van der Waals surface area contributed by atoms with E-state index in [0.717, 1.165) is 12.8 Å². The monoisotopic (exact) mass is 219 g/mol. The van der Waals surface area contributed by atoms with E-state index in [2.05, 4.69) is 17.9 Å². The minimum absolute atomic E-state index is 0.343. The summed E-state index contributed by atoms with van der Waals surface area (Å²) in [7, 11) is 0. The predicted molar refractivity (Wildman–Crippen MR) is 61.9 cm³/mol. The van der Waals surface area contributed by atoms with Crippen LogP contribution in [0.2, 0.25) is 0 Å². The van der Waals surface area contributed by atoms with Crippen LogP contribution in [0, 0.1) is 0 Å². The third-order valence-electron chi connectivity index (χ3n) is 1.47. The van der Waals surface area contributed by atoms with Gasteiger partial charge in [-0.25, -0.2) is 4.79 Å². The van der Waals surface area contributed by atoms with E-state index >= 15 is 0 Å². The van der Waals surface area contributed by atoms with Crippen molar-refractivity contribution < 1.29 is 9.53 Å². The molecule has 0 fully saturated rings. The first-order chi connectivity index (χ1) is 6.31. The van der Waals surface area contributed by atoms with Crippen LogP contribution in [0.15, 0.2) is 0 Å². The van der Waals surface area contributed by atoms with Crippen LogP contribution < -0.4 is 5.32 Å². The van der Waals surface area contributed by atoms with Crippen LogP contribution in [-0.4, -0.2) is 23.5 Å². The molecular formula is C10H21NO2S. The maximum atomic E-state index is 11.2. The molecule has 14 heavy (non-hydrogen) atoms. The molecule has 0 saturated heterocycles. The van der Waals surface area contributed by atoms with Gasteiger partial charge in [0.05, 0.1) is 0 Å². The third kappa shape index (κ3) is 9.71. The summed E-state index contributed by atoms with van der Waals surface area (Å²) in [5.74, 6) is 0. The highest BCUT2D eigenvalue weighted by molar-refractivity contribution is 7.80. The topological polar surface area (TPSA) is 38.3 Å². The molecule has 3 nitrogen and oxygen atoms in total. The molecule has 0 spiro atoms. The molecule has 1 amide bonds. The molecule has 0 aliphatic heterocycles. The first-order valence-electron chi connectivity index (χ1n) is 4.96. The molecule has 1 unspecified atom stereocenters. The van der Waals surface area contributed by atoms with Crippen LogP contribution >= 0.6 is 12.6 Å². The molecule has 0 radical (unpaired) electrons. The summed E-state index contributed by atoms with van der Waals surface area (Å²) in [6.45, 7) is 8.24. The summed E-state index contributed by atoms with van der Waals surface area (Å²) in [4.78, 5) is 11.2. The largest absolute Gasteiger partial charge is 0.444 e. The first-order valence-corrected chi connectivity index (χ1v) is 5.48. The molecule has 0 aromatic carbocycles. The Morgan fingerprint density at radius 1 is 1.50 bits per heavy atom. The second-order valence-electron chi connectivity index (χ2n) is 4.42. The molecule has 1 N–H and O–H groups in total. The molecular weight excluding hydrogens is 198 g/mol. The Morgan fingerprint density at radius 3 is 2.50 bits per heavy atom. The van der Waals surface area contributed by atoms with Crippen LogP contribution in [0.4, 0.5) is 4.79 Å². The molecule has 0 aromatic heterocycles. The normalized spacial score (nSPS) is 13.5. The van der Waals surface area contributed by atoms with Crippen molar-refractivity contribution in [2.45, 2.75) is 51.4 Å². The molecule has 0 bridgehead atoms. The number of nitrogens with one attached hydrogen (secondary N) is 1. The van der Waals surface area contributed by atoms with Crippen molar-refractivity contribution >= 4 is 18.7 Å². The molecule has 84 valence electrons. The fraction of sp³-hybridized carbons (Fsp3) is 0.900. The van der Waals surface area contributed by atoms with E-state index in [4.69, 9.17) is 4.74 Å². The highest BCUT2D eigenvalue weighted by Gasteiger charge is 2.15. The smallest absolute Gasteiger partial charge is 0.407 e. The molecule has 1 atom stereocenters. The number of ether oxygens (including phenoxy) is 1. The Labute approximate surface area is 92.0 Å². The van der Waals surface area contributed by atoms with Gasteiger partial charge in [-0.1, -0.05) is 6.92 Å². The lowest BCUT2D eigenvalue weighted by Crippen LogP contribution is -2.33. The third-order valence-corrected chi connectivity index (χ3v) is 1.73. The Balaban J connectivity index is 3.46. The molecule has 0 aliphatic rings. The zero-order valence-electron chi connectivity index (χ0n) is 9.46. The lowest BCUT2D eigenvalue weighted by molar-refractivity contribution is 0.0527. The Morgan fingerprint density at radius 2 is 2.07 bits per heavy atom. The lowest BCUT2D eigenvalue weighted by atomic mass is 10.2. The van der Waals surface area contributed by atoms with Gasteiger partial charge in [-0.05, 0) is 38.9 Å². The van der Waals surface area contributed by atoms with E-state index in [1.165, 1.54) is 0 Å². The number of carbonyl (C=O) groups is 1. The quantitative estimate of drug-likeness (QED) is 0.563. The van der Waals surface area contributed by atoms with Crippen molar-refractivity contribution in [3.63, 3.8) is 0 Å². The van der Waals surface area contributed by atoms with Gasteiger partial charge < -0.3 is 10.1 Å². The molecule has 4 heteroatoms. The summed E-state index contributed by atoms with van der Waals surface area (Å²) < 4.78 is 5.08. The second-order valence-corrected chi connectivity index (χ2v) is 5.30. The Hall–Kier alpha value is -0.380. The molecule has 0 aliphatic carbocycles. The van der Waals surface area contributed by atoms with E-state index in [9.17, 15) is 4.79 Å². The number of thiol groups is 1. The van der Waals surface area contributed by atoms with E-state index in [-0.39, 0.29) is 6.09 Å². The maximum absolute atomic E-state index is 11.2. The number of hydrogen-bond acceptors (Lipinski definition) is 3. The lowest BCUT2D eigenvalue weighted by Gasteiger charge is -2.19. The SMILES string of the molecule is CC(S)CCCNC(=O)OC(C)(C)C. The fourth-order valence-electron chi connectivity index (χ4n) is 0.902. The number of amides is 1. The average Bonchev–Trinajstić information content (AvgIpc) is 1.94. The predicted octanol–water partition coefficient (Wildman–Crippen LogP) is 2.61. The minimum Gasteiger partial charge on any atom is -0.444 e. The van der Waals surface area contributed by atoms with Crippen molar-refractivity contribution in [3.05, 3.63) is 0 Å². The summed E-state index contributed by atoms with van der Waals surface area (Å²) in [6, 6.07) is 0. The van der Waals surface area contributed by atoms with Crippen LogP contribution in [0.3, 0.4) is 0 Å². The van der Waals surface area contributed by atoms with Crippen LogP contribution in [0.25, 0.3) is 0 Å². The number of carbonyl (C=O) groups excluding carboxylic acids is 1. The summed E-state index contributed by atoms with van der Waals surface area (Å²) in [5.41, 5.74) is -0.416. The van der Waals surface area contributed by atoms with Crippen molar-refractivity contribution in [2.75, 3.05) is 6.54 Å². The van der Waals surface area contributed by atoms with Crippen molar-refractivity contribution in [2.24, 2.45) is 0 Å². The maximum Gasteiger partial charge on any atom is 0.407 e.